The van der Waals surface area contributed by atoms with Crippen LogP contribution in [-0.2, 0) is 6.54 Å². The Kier molecular flexibility index (Phi) is 3.94. The molecule has 116 valence electrons. The Hall–Kier alpha value is -2.21. The number of aromatic nitrogens is 2. The Bertz CT molecular complexity index is 669. The summed E-state index contributed by atoms with van der Waals surface area (Å²) >= 11 is 0. The van der Waals surface area contributed by atoms with Crippen molar-refractivity contribution in [3.05, 3.63) is 47.4 Å². The molecule has 1 aromatic heterocycles. The molecule has 0 spiro atoms. The Morgan fingerprint density at radius 3 is 2.68 bits per heavy atom. The van der Waals surface area contributed by atoms with E-state index in [9.17, 15) is 4.39 Å². The summed E-state index contributed by atoms with van der Waals surface area (Å²) in [7, 11) is 1.87. The third-order valence-electron chi connectivity index (χ3n) is 4.10. The van der Waals surface area contributed by atoms with Gasteiger partial charge < -0.3 is 16.4 Å². The first-order valence-corrected chi connectivity index (χ1v) is 7.37. The fourth-order valence-corrected chi connectivity index (χ4v) is 2.74. The zero-order chi connectivity index (χ0) is 15.7. The average molecular weight is 301 g/mol. The molecule has 1 heterocycles. The quantitative estimate of drug-likeness (QED) is 0.903. The number of anilines is 2. The third-order valence-corrected chi connectivity index (χ3v) is 4.10. The summed E-state index contributed by atoms with van der Waals surface area (Å²) < 4.78 is 13.8. The molecule has 1 fully saturated rings. The van der Waals surface area contributed by atoms with Crippen LogP contribution in [0, 0.1) is 5.82 Å². The second-order valence-electron chi connectivity index (χ2n) is 5.89. The fraction of sp³-hybridized carbons (Fsp3) is 0.375. The molecule has 3 rings (SSSR count). The summed E-state index contributed by atoms with van der Waals surface area (Å²) in [5.41, 5.74) is 13.2. The number of halogens is 1. The molecule has 22 heavy (non-hydrogen) atoms. The van der Waals surface area contributed by atoms with Gasteiger partial charge in [-0.1, -0.05) is 18.2 Å². The predicted octanol–water partition coefficient (Wildman–Crippen LogP) is 2.04. The average Bonchev–Trinajstić information content (AvgIpc) is 2.45. The molecule has 1 aliphatic carbocycles. The summed E-state index contributed by atoms with van der Waals surface area (Å²) in [6.07, 6.45) is 1.85. The van der Waals surface area contributed by atoms with Gasteiger partial charge in [0.05, 0.1) is 5.69 Å². The first kappa shape index (κ1) is 14.7. The van der Waals surface area contributed by atoms with Crippen molar-refractivity contribution < 1.29 is 4.39 Å². The lowest BCUT2D eigenvalue weighted by molar-refractivity contribution is 0.345. The van der Waals surface area contributed by atoms with Gasteiger partial charge in [0.15, 0.2) is 0 Å². The van der Waals surface area contributed by atoms with E-state index in [1.54, 1.807) is 12.1 Å². The molecule has 0 bridgehead atoms. The van der Waals surface area contributed by atoms with Crippen molar-refractivity contribution in [3.8, 4) is 0 Å². The molecule has 0 radical (unpaired) electrons. The molecule has 0 aliphatic heterocycles. The molecule has 1 saturated carbocycles. The second-order valence-corrected chi connectivity index (χ2v) is 5.89. The molecular weight excluding hydrogens is 281 g/mol. The van der Waals surface area contributed by atoms with Crippen LogP contribution in [0.3, 0.4) is 0 Å². The van der Waals surface area contributed by atoms with Crippen LogP contribution in [0.4, 0.5) is 16.2 Å². The Labute approximate surface area is 129 Å². The lowest BCUT2D eigenvalue weighted by Crippen LogP contribution is -2.35. The van der Waals surface area contributed by atoms with E-state index >= 15 is 0 Å². The Morgan fingerprint density at radius 2 is 2.00 bits per heavy atom. The number of rotatable bonds is 4. The molecule has 0 amide bonds. The number of nitrogens with zero attached hydrogens (tertiary/aromatic N) is 3. The zero-order valence-corrected chi connectivity index (χ0v) is 12.5. The van der Waals surface area contributed by atoms with Crippen LogP contribution in [0.1, 0.15) is 30.0 Å². The second kappa shape index (κ2) is 5.88. The lowest BCUT2D eigenvalue weighted by Gasteiger charge is -2.32. The third kappa shape index (κ3) is 3.01. The molecule has 6 heteroatoms. The van der Waals surface area contributed by atoms with Crippen molar-refractivity contribution in [2.24, 2.45) is 5.73 Å². The monoisotopic (exact) mass is 301 g/mol. The maximum absolute atomic E-state index is 13.8. The van der Waals surface area contributed by atoms with Gasteiger partial charge in [-0.25, -0.2) is 9.37 Å². The highest BCUT2D eigenvalue weighted by Gasteiger charge is 2.29. The molecular formula is C16H20FN5. The maximum atomic E-state index is 13.8. The number of hydrogen-bond acceptors (Lipinski definition) is 5. The lowest BCUT2D eigenvalue weighted by atomic mass is 9.78. The summed E-state index contributed by atoms with van der Waals surface area (Å²) in [5.74, 6) is 1.07. The summed E-state index contributed by atoms with van der Waals surface area (Å²) in [4.78, 5) is 10.4. The van der Waals surface area contributed by atoms with Crippen molar-refractivity contribution in [1.29, 1.82) is 0 Å². The Morgan fingerprint density at radius 1 is 1.27 bits per heavy atom. The largest absolute Gasteiger partial charge is 0.368 e. The van der Waals surface area contributed by atoms with E-state index in [2.05, 4.69) is 9.97 Å². The molecule has 0 atom stereocenters. The SMILES string of the molecule is CN(Cc1ccccc1F)c1cc(C2CC(N)C2)nc(N)n1. The van der Waals surface area contributed by atoms with Gasteiger partial charge in [0.25, 0.3) is 0 Å². The maximum Gasteiger partial charge on any atom is 0.222 e. The molecule has 0 saturated heterocycles. The normalized spacial score (nSPS) is 20.5. The van der Waals surface area contributed by atoms with Crippen molar-refractivity contribution in [1.82, 2.24) is 9.97 Å². The minimum atomic E-state index is -0.221. The first-order chi connectivity index (χ1) is 10.5. The highest BCUT2D eigenvalue weighted by atomic mass is 19.1. The van der Waals surface area contributed by atoms with Gasteiger partial charge in [0.1, 0.15) is 11.6 Å². The molecule has 1 aromatic carbocycles. The van der Waals surface area contributed by atoms with E-state index in [0.29, 0.717) is 23.8 Å². The van der Waals surface area contributed by atoms with Gasteiger partial charge >= 0.3 is 0 Å². The predicted molar refractivity (Wildman–Crippen MR) is 84.9 cm³/mol. The standard InChI is InChI=1S/C16H20FN5/c1-22(9-10-4-2-3-5-13(10)17)15-8-14(20-16(19)21-15)11-6-12(18)7-11/h2-5,8,11-12H,6-7,9,18H2,1H3,(H2,19,20,21). The summed E-state index contributed by atoms with van der Waals surface area (Å²) in [5, 5.41) is 0. The van der Waals surface area contributed by atoms with E-state index in [-0.39, 0.29) is 17.8 Å². The molecule has 4 N–H and O–H groups in total. The van der Waals surface area contributed by atoms with Crippen molar-refractivity contribution in [3.63, 3.8) is 0 Å². The van der Waals surface area contributed by atoms with E-state index < -0.39 is 0 Å². The van der Waals surface area contributed by atoms with E-state index in [1.807, 2.05) is 24.1 Å². The zero-order valence-electron chi connectivity index (χ0n) is 12.5. The number of nitrogens with two attached hydrogens (primary N) is 2. The van der Waals surface area contributed by atoms with Gasteiger partial charge in [-0.2, -0.15) is 4.98 Å². The molecule has 5 nitrogen and oxygen atoms in total. The highest BCUT2D eigenvalue weighted by Crippen LogP contribution is 2.35. The number of nitrogen functional groups attached to an aromatic ring is 1. The minimum absolute atomic E-state index is 0.221. The van der Waals surface area contributed by atoms with Gasteiger partial charge in [-0.05, 0) is 18.9 Å². The van der Waals surface area contributed by atoms with Gasteiger partial charge in [-0.15, -0.1) is 0 Å². The molecule has 0 unspecified atom stereocenters. The number of benzene rings is 1. The van der Waals surface area contributed by atoms with Crippen LogP contribution >= 0.6 is 0 Å². The minimum Gasteiger partial charge on any atom is -0.368 e. The summed E-state index contributed by atoms with van der Waals surface area (Å²) in [6.45, 7) is 0.423. The Balaban J connectivity index is 1.80. The van der Waals surface area contributed by atoms with Gasteiger partial charge in [0.2, 0.25) is 5.95 Å². The van der Waals surface area contributed by atoms with Crippen LogP contribution in [0.5, 0.6) is 0 Å². The summed E-state index contributed by atoms with van der Waals surface area (Å²) in [6, 6.07) is 8.90. The van der Waals surface area contributed by atoms with E-state index in [0.717, 1.165) is 18.5 Å². The smallest absolute Gasteiger partial charge is 0.222 e. The van der Waals surface area contributed by atoms with E-state index in [4.69, 9.17) is 11.5 Å². The van der Waals surface area contributed by atoms with Gasteiger partial charge in [0, 0.05) is 37.2 Å². The van der Waals surface area contributed by atoms with Crippen molar-refractivity contribution in [2.45, 2.75) is 31.3 Å². The first-order valence-electron chi connectivity index (χ1n) is 7.37. The van der Waals surface area contributed by atoms with Crippen LogP contribution in [-0.4, -0.2) is 23.1 Å². The molecule has 2 aromatic rings. The van der Waals surface area contributed by atoms with Crippen molar-refractivity contribution >= 4 is 11.8 Å². The van der Waals surface area contributed by atoms with Crippen molar-refractivity contribution in [2.75, 3.05) is 17.7 Å². The molecule has 1 aliphatic rings. The topological polar surface area (TPSA) is 81.1 Å². The van der Waals surface area contributed by atoms with Crippen LogP contribution in [0.15, 0.2) is 30.3 Å². The van der Waals surface area contributed by atoms with Crippen LogP contribution in [0.2, 0.25) is 0 Å². The van der Waals surface area contributed by atoms with Gasteiger partial charge in [-0.3, -0.25) is 0 Å². The number of hydrogen-bond donors (Lipinski definition) is 2. The van der Waals surface area contributed by atoms with Crippen LogP contribution in [0.25, 0.3) is 0 Å². The van der Waals surface area contributed by atoms with Crippen LogP contribution < -0.4 is 16.4 Å². The fourth-order valence-electron chi connectivity index (χ4n) is 2.74. The highest BCUT2D eigenvalue weighted by molar-refractivity contribution is 5.44. The van der Waals surface area contributed by atoms with E-state index in [1.165, 1.54) is 6.07 Å².